The molecule has 2 rings (SSSR count). The van der Waals surface area contributed by atoms with E-state index in [-0.39, 0.29) is 5.91 Å². The Morgan fingerprint density at radius 1 is 1.53 bits per heavy atom. The molecule has 19 heavy (non-hydrogen) atoms. The maximum Gasteiger partial charge on any atom is 0.253 e. The molecule has 1 aromatic heterocycles. The van der Waals surface area contributed by atoms with Gasteiger partial charge in [0.15, 0.2) is 5.82 Å². The normalized spacial score (nSPS) is 12.2. The van der Waals surface area contributed by atoms with E-state index >= 15 is 0 Å². The van der Waals surface area contributed by atoms with E-state index < -0.39 is 11.9 Å². The number of benzene rings is 1. The van der Waals surface area contributed by atoms with Crippen molar-refractivity contribution in [1.29, 1.82) is 0 Å². The molecule has 100 valence electrons. The standard InChI is InChI=1S/C12H11BrFN3O2/c1-6(12-16-7(2)17-19-12)15-11(18)9-4-3-8(14)5-10(9)13/h3-6H,1-2H3,(H,15,18)/t6-/m0/s1. The predicted octanol–water partition coefficient (Wildman–Crippen LogP) is 2.77. The number of aromatic nitrogens is 2. The lowest BCUT2D eigenvalue weighted by Crippen LogP contribution is -2.27. The molecule has 0 aliphatic carbocycles. The zero-order valence-electron chi connectivity index (χ0n) is 10.3. The summed E-state index contributed by atoms with van der Waals surface area (Å²) in [5.74, 6) is 0.0578. The summed E-state index contributed by atoms with van der Waals surface area (Å²) in [5.41, 5.74) is 0.337. The van der Waals surface area contributed by atoms with Crippen LogP contribution in [-0.2, 0) is 0 Å². The maximum absolute atomic E-state index is 12.9. The van der Waals surface area contributed by atoms with E-state index in [1.54, 1.807) is 13.8 Å². The highest BCUT2D eigenvalue weighted by Gasteiger charge is 2.18. The zero-order valence-corrected chi connectivity index (χ0v) is 11.9. The van der Waals surface area contributed by atoms with Gasteiger partial charge in [0.25, 0.3) is 5.91 Å². The molecule has 0 fully saturated rings. The van der Waals surface area contributed by atoms with Crippen LogP contribution in [-0.4, -0.2) is 16.0 Å². The van der Waals surface area contributed by atoms with Crippen LogP contribution in [0.4, 0.5) is 4.39 Å². The molecule has 0 bridgehead atoms. The smallest absolute Gasteiger partial charge is 0.253 e. The number of rotatable bonds is 3. The van der Waals surface area contributed by atoms with E-state index in [1.807, 2.05) is 0 Å². The molecule has 1 aromatic carbocycles. The van der Waals surface area contributed by atoms with Gasteiger partial charge in [-0.3, -0.25) is 4.79 Å². The molecule has 0 saturated heterocycles. The third-order valence-corrected chi connectivity index (χ3v) is 3.09. The maximum atomic E-state index is 12.9. The Bertz CT molecular complexity index is 615. The molecule has 0 radical (unpaired) electrons. The second-order valence-electron chi connectivity index (χ2n) is 4.00. The van der Waals surface area contributed by atoms with Gasteiger partial charge >= 0.3 is 0 Å². The number of nitrogens with one attached hydrogen (secondary N) is 1. The summed E-state index contributed by atoms with van der Waals surface area (Å²) in [5, 5.41) is 6.35. The number of aryl methyl sites for hydroxylation is 1. The number of hydrogen-bond acceptors (Lipinski definition) is 4. The van der Waals surface area contributed by atoms with Crippen molar-refractivity contribution in [3.05, 3.63) is 45.8 Å². The summed E-state index contributed by atoms with van der Waals surface area (Å²) >= 11 is 3.15. The van der Waals surface area contributed by atoms with Gasteiger partial charge in [0.05, 0.1) is 5.56 Å². The fraction of sp³-hybridized carbons (Fsp3) is 0.250. The van der Waals surface area contributed by atoms with Gasteiger partial charge in [-0.1, -0.05) is 5.16 Å². The molecular formula is C12H11BrFN3O2. The van der Waals surface area contributed by atoms with E-state index in [1.165, 1.54) is 18.2 Å². The van der Waals surface area contributed by atoms with Crippen molar-refractivity contribution in [2.24, 2.45) is 0 Å². The molecule has 2 aromatic rings. The van der Waals surface area contributed by atoms with E-state index in [2.05, 4.69) is 31.4 Å². The minimum absolute atomic E-state index is 0.323. The molecule has 7 heteroatoms. The van der Waals surface area contributed by atoms with Crippen molar-refractivity contribution in [2.45, 2.75) is 19.9 Å². The SMILES string of the molecule is Cc1noc([C@H](C)NC(=O)c2ccc(F)cc2Br)n1. The van der Waals surface area contributed by atoms with Crippen LogP contribution in [0.5, 0.6) is 0 Å². The van der Waals surface area contributed by atoms with Crippen molar-refractivity contribution in [2.75, 3.05) is 0 Å². The first-order chi connectivity index (χ1) is 8.97. The van der Waals surface area contributed by atoms with Gasteiger partial charge in [-0.05, 0) is 48.0 Å². The van der Waals surface area contributed by atoms with Gasteiger partial charge in [0.2, 0.25) is 5.89 Å². The second-order valence-corrected chi connectivity index (χ2v) is 4.85. The second kappa shape index (κ2) is 5.48. The van der Waals surface area contributed by atoms with Crippen LogP contribution >= 0.6 is 15.9 Å². The van der Waals surface area contributed by atoms with Gasteiger partial charge in [-0.25, -0.2) is 4.39 Å². The minimum Gasteiger partial charge on any atom is -0.340 e. The first-order valence-electron chi connectivity index (χ1n) is 5.53. The molecule has 1 atom stereocenters. The molecule has 0 aliphatic rings. The molecule has 1 heterocycles. The number of nitrogens with zero attached hydrogens (tertiary/aromatic N) is 2. The van der Waals surface area contributed by atoms with Crippen molar-refractivity contribution in [3.8, 4) is 0 Å². The quantitative estimate of drug-likeness (QED) is 0.941. The Balaban J connectivity index is 2.12. The molecule has 5 nitrogen and oxygen atoms in total. The van der Waals surface area contributed by atoms with E-state index in [0.29, 0.717) is 21.8 Å². The van der Waals surface area contributed by atoms with Crippen molar-refractivity contribution >= 4 is 21.8 Å². The predicted molar refractivity (Wildman–Crippen MR) is 69.0 cm³/mol. The summed E-state index contributed by atoms with van der Waals surface area (Å²) in [4.78, 5) is 16.0. The highest BCUT2D eigenvalue weighted by molar-refractivity contribution is 9.10. The number of amides is 1. The van der Waals surface area contributed by atoms with Gasteiger partial charge in [0, 0.05) is 4.47 Å². The molecule has 1 N–H and O–H groups in total. The fourth-order valence-electron chi connectivity index (χ4n) is 1.50. The van der Waals surface area contributed by atoms with Crippen molar-refractivity contribution in [1.82, 2.24) is 15.5 Å². The van der Waals surface area contributed by atoms with Gasteiger partial charge < -0.3 is 9.84 Å². The van der Waals surface area contributed by atoms with Gasteiger partial charge in [-0.15, -0.1) is 0 Å². The molecule has 0 unspecified atom stereocenters. The van der Waals surface area contributed by atoms with Gasteiger partial charge in [-0.2, -0.15) is 4.98 Å². The van der Waals surface area contributed by atoms with E-state index in [0.717, 1.165) is 0 Å². The Morgan fingerprint density at radius 3 is 2.84 bits per heavy atom. The van der Waals surface area contributed by atoms with E-state index in [4.69, 9.17) is 4.52 Å². The lowest BCUT2D eigenvalue weighted by Gasteiger charge is -2.10. The molecule has 0 spiro atoms. The lowest BCUT2D eigenvalue weighted by molar-refractivity contribution is 0.0931. The highest BCUT2D eigenvalue weighted by atomic mass is 79.9. The van der Waals surface area contributed by atoms with Crippen LogP contribution in [0.1, 0.15) is 35.0 Å². The summed E-state index contributed by atoms with van der Waals surface area (Å²) in [6.07, 6.45) is 0. The third-order valence-electron chi connectivity index (χ3n) is 2.44. The number of hydrogen-bond donors (Lipinski definition) is 1. The van der Waals surface area contributed by atoms with Crippen LogP contribution < -0.4 is 5.32 Å². The van der Waals surface area contributed by atoms with Crippen LogP contribution in [0.25, 0.3) is 0 Å². The summed E-state index contributed by atoms with van der Waals surface area (Å²) in [6.45, 7) is 3.42. The number of carbonyl (C=O) groups excluding carboxylic acids is 1. The fourth-order valence-corrected chi connectivity index (χ4v) is 2.03. The highest BCUT2D eigenvalue weighted by Crippen LogP contribution is 2.19. The first-order valence-corrected chi connectivity index (χ1v) is 6.33. The van der Waals surface area contributed by atoms with Crippen LogP contribution in [0, 0.1) is 12.7 Å². The van der Waals surface area contributed by atoms with E-state index in [9.17, 15) is 9.18 Å². The molecule has 0 aliphatic heterocycles. The topological polar surface area (TPSA) is 68.0 Å². The Morgan fingerprint density at radius 2 is 2.26 bits per heavy atom. The Hall–Kier alpha value is -1.76. The minimum atomic E-state index is -0.425. The Labute approximate surface area is 117 Å². The van der Waals surface area contributed by atoms with Crippen LogP contribution in [0.3, 0.4) is 0 Å². The summed E-state index contributed by atoms with van der Waals surface area (Å²) in [7, 11) is 0. The number of carbonyl (C=O) groups is 1. The van der Waals surface area contributed by atoms with Crippen LogP contribution in [0.2, 0.25) is 0 Å². The molecule has 0 saturated carbocycles. The average Bonchev–Trinajstić information content (AvgIpc) is 2.75. The van der Waals surface area contributed by atoms with Crippen LogP contribution in [0.15, 0.2) is 27.2 Å². The lowest BCUT2D eigenvalue weighted by atomic mass is 10.2. The largest absolute Gasteiger partial charge is 0.340 e. The first kappa shape index (κ1) is 13.7. The average molecular weight is 328 g/mol. The summed E-state index contributed by atoms with van der Waals surface area (Å²) in [6, 6.07) is 3.43. The molecular weight excluding hydrogens is 317 g/mol. The monoisotopic (exact) mass is 327 g/mol. The van der Waals surface area contributed by atoms with Gasteiger partial charge in [0.1, 0.15) is 11.9 Å². The number of halogens is 2. The third kappa shape index (κ3) is 3.17. The van der Waals surface area contributed by atoms with Crippen molar-refractivity contribution < 1.29 is 13.7 Å². The molecule has 1 amide bonds. The van der Waals surface area contributed by atoms with Crippen molar-refractivity contribution in [3.63, 3.8) is 0 Å². The zero-order chi connectivity index (χ0) is 14.0. The Kier molecular flexibility index (Phi) is 3.94. The summed E-state index contributed by atoms with van der Waals surface area (Å²) < 4.78 is 18.3.